The number of nitrogens with zero attached hydrogens (tertiary/aromatic N) is 1. The van der Waals surface area contributed by atoms with Crippen LogP contribution in [0.3, 0.4) is 0 Å². The van der Waals surface area contributed by atoms with Crippen LogP contribution in [0.5, 0.6) is 0 Å². The smallest absolute Gasteiger partial charge is 0.277 e. The van der Waals surface area contributed by atoms with Gasteiger partial charge in [0.05, 0.1) is 11.3 Å². The van der Waals surface area contributed by atoms with E-state index in [-0.39, 0.29) is 6.42 Å². The van der Waals surface area contributed by atoms with Gasteiger partial charge < -0.3 is 0 Å². The normalized spacial score (nSPS) is 11.0. The Balaban J connectivity index is 2.08. The quantitative estimate of drug-likeness (QED) is 0.606. The lowest BCUT2D eigenvalue weighted by Crippen LogP contribution is -2.42. The van der Waals surface area contributed by atoms with Crippen molar-refractivity contribution in [3.8, 4) is 0 Å². The Labute approximate surface area is 132 Å². The molecule has 0 heterocycles. The molecule has 23 heavy (non-hydrogen) atoms. The van der Waals surface area contributed by atoms with E-state index in [2.05, 4.69) is 0 Å². The van der Waals surface area contributed by atoms with Crippen molar-refractivity contribution in [3.63, 3.8) is 0 Å². The number of amides is 1. The monoisotopic (exact) mass is 335 g/mol. The van der Waals surface area contributed by atoms with Gasteiger partial charge in [-0.1, -0.05) is 42.5 Å². The second kappa shape index (κ2) is 6.99. The molecule has 0 radical (unpaired) electrons. The van der Waals surface area contributed by atoms with Crippen molar-refractivity contribution in [1.29, 1.82) is 0 Å². The topological polar surface area (TPSA) is 118 Å². The van der Waals surface area contributed by atoms with Crippen LogP contribution in [0.15, 0.2) is 59.5 Å². The summed E-state index contributed by atoms with van der Waals surface area (Å²) < 4.78 is 24.2. The number of rotatable bonds is 6. The number of hydrazine groups is 1. The molecule has 0 aromatic heterocycles. The van der Waals surface area contributed by atoms with E-state index in [1.165, 1.54) is 12.1 Å². The first kappa shape index (κ1) is 16.6. The molecule has 120 valence electrons. The summed E-state index contributed by atoms with van der Waals surface area (Å²) in [5.41, 5.74) is 2.17. The fraction of sp³-hybridized carbons (Fsp3) is 0.0714. The average Bonchev–Trinajstić information content (AvgIpc) is 2.54. The molecule has 2 rings (SSSR count). The van der Waals surface area contributed by atoms with E-state index >= 15 is 0 Å². The first-order valence-corrected chi connectivity index (χ1v) is 7.96. The van der Waals surface area contributed by atoms with Gasteiger partial charge in [0, 0.05) is 6.07 Å². The fourth-order valence-electron chi connectivity index (χ4n) is 1.84. The molecule has 0 aliphatic rings. The highest BCUT2D eigenvalue weighted by Crippen LogP contribution is 2.22. The van der Waals surface area contributed by atoms with Gasteiger partial charge in [-0.15, -0.1) is 4.83 Å². The minimum absolute atomic E-state index is 0.0275. The van der Waals surface area contributed by atoms with Crippen molar-refractivity contribution in [2.75, 3.05) is 0 Å². The first-order chi connectivity index (χ1) is 10.9. The SMILES string of the molecule is O=C(Cc1ccccc1)NNS(=O)(=O)c1ccccc1[N+](=O)[O-]. The third kappa shape index (κ3) is 4.34. The van der Waals surface area contributed by atoms with Crippen molar-refractivity contribution < 1.29 is 18.1 Å². The molecule has 0 bridgehead atoms. The predicted octanol–water partition coefficient (Wildman–Crippen LogP) is 1.15. The minimum atomic E-state index is -4.25. The van der Waals surface area contributed by atoms with Crippen molar-refractivity contribution >= 4 is 21.6 Å². The number of carbonyl (C=O) groups excluding carboxylic acids is 1. The Kier molecular flexibility index (Phi) is 5.04. The highest BCUT2D eigenvalue weighted by atomic mass is 32.2. The second-order valence-corrected chi connectivity index (χ2v) is 6.19. The van der Waals surface area contributed by atoms with Gasteiger partial charge in [-0.25, -0.2) is 8.42 Å². The maximum Gasteiger partial charge on any atom is 0.289 e. The zero-order valence-electron chi connectivity index (χ0n) is 11.8. The van der Waals surface area contributed by atoms with E-state index in [4.69, 9.17) is 0 Å². The number of para-hydroxylation sites is 1. The molecule has 0 unspecified atom stereocenters. The van der Waals surface area contributed by atoms with E-state index in [0.717, 1.165) is 12.1 Å². The van der Waals surface area contributed by atoms with Crippen LogP contribution in [0.4, 0.5) is 5.69 Å². The minimum Gasteiger partial charge on any atom is -0.277 e. The molecule has 2 aromatic carbocycles. The number of benzene rings is 2. The molecular formula is C14H13N3O5S. The van der Waals surface area contributed by atoms with E-state index in [0.29, 0.717) is 5.56 Å². The lowest BCUT2D eigenvalue weighted by molar-refractivity contribution is -0.387. The lowest BCUT2D eigenvalue weighted by Gasteiger charge is -2.08. The van der Waals surface area contributed by atoms with Crippen LogP contribution in [-0.2, 0) is 21.2 Å². The zero-order chi connectivity index (χ0) is 16.9. The molecule has 2 N–H and O–H groups in total. The number of hydrogen-bond donors (Lipinski definition) is 2. The number of nitro groups is 1. The number of nitrogens with one attached hydrogen (secondary N) is 2. The molecule has 0 aliphatic heterocycles. The Morgan fingerprint density at radius 3 is 2.30 bits per heavy atom. The molecule has 2 aromatic rings. The van der Waals surface area contributed by atoms with Crippen molar-refractivity contribution in [3.05, 3.63) is 70.3 Å². The standard InChI is InChI=1S/C14H13N3O5S/c18-14(10-11-6-2-1-3-7-11)15-16-23(21,22)13-9-5-4-8-12(13)17(19)20/h1-9,16H,10H2,(H,15,18). The molecule has 0 atom stereocenters. The number of hydrogen-bond acceptors (Lipinski definition) is 5. The summed E-state index contributed by atoms with van der Waals surface area (Å²) in [6, 6.07) is 13.6. The van der Waals surface area contributed by atoms with Crippen molar-refractivity contribution in [1.82, 2.24) is 10.3 Å². The Morgan fingerprint density at radius 2 is 1.65 bits per heavy atom. The molecular weight excluding hydrogens is 322 g/mol. The van der Waals surface area contributed by atoms with Crippen molar-refractivity contribution in [2.45, 2.75) is 11.3 Å². The average molecular weight is 335 g/mol. The summed E-state index contributed by atoms with van der Waals surface area (Å²) in [6.45, 7) is 0. The molecule has 0 spiro atoms. The molecule has 9 heteroatoms. The van der Waals surface area contributed by atoms with E-state index < -0.39 is 31.4 Å². The highest BCUT2D eigenvalue weighted by Gasteiger charge is 2.25. The van der Waals surface area contributed by atoms with Crippen LogP contribution < -0.4 is 10.3 Å². The van der Waals surface area contributed by atoms with Crippen LogP contribution >= 0.6 is 0 Å². The molecule has 0 aliphatic carbocycles. The Morgan fingerprint density at radius 1 is 1.04 bits per heavy atom. The maximum atomic E-state index is 12.1. The van der Waals surface area contributed by atoms with Crippen LogP contribution in [0.2, 0.25) is 0 Å². The zero-order valence-corrected chi connectivity index (χ0v) is 12.6. The highest BCUT2D eigenvalue weighted by molar-refractivity contribution is 7.89. The summed E-state index contributed by atoms with van der Waals surface area (Å²) >= 11 is 0. The first-order valence-electron chi connectivity index (χ1n) is 6.48. The van der Waals surface area contributed by atoms with Gasteiger partial charge >= 0.3 is 0 Å². The predicted molar refractivity (Wildman–Crippen MR) is 81.7 cm³/mol. The second-order valence-electron chi connectivity index (χ2n) is 4.54. The van der Waals surface area contributed by atoms with Crippen LogP contribution in [0, 0.1) is 10.1 Å². The Bertz CT molecular complexity index is 821. The lowest BCUT2D eigenvalue weighted by atomic mass is 10.1. The fourth-order valence-corrected chi connectivity index (χ4v) is 2.87. The maximum absolute atomic E-state index is 12.1. The summed E-state index contributed by atoms with van der Waals surface area (Å²) in [4.78, 5) is 23.1. The molecule has 0 fully saturated rings. The summed E-state index contributed by atoms with van der Waals surface area (Å²) in [7, 11) is -4.25. The number of nitro benzene ring substituents is 1. The molecule has 0 saturated heterocycles. The van der Waals surface area contributed by atoms with E-state index in [1.807, 2.05) is 10.3 Å². The van der Waals surface area contributed by atoms with Gasteiger partial charge in [0.25, 0.3) is 15.7 Å². The van der Waals surface area contributed by atoms with Crippen LogP contribution in [0.25, 0.3) is 0 Å². The largest absolute Gasteiger partial charge is 0.289 e. The van der Waals surface area contributed by atoms with Gasteiger partial charge in [-0.3, -0.25) is 20.3 Å². The third-order valence-electron chi connectivity index (χ3n) is 2.88. The molecule has 8 nitrogen and oxygen atoms in total. The van der Waals surface area contributed by atoms with Crippen LogP contribution in [0.1, 0.15) is 5.56 Å². The number of sulfonamides is 1. The Hall–Kier alpha value is -2.78. The van der Waals surface area contributed by atoms with E-state index in [1.54, 1.807) is 30.3 Å². The molecule has 1 amide bonds. The summed E-state index contributed by atoms with van der Waals surface area (Å²) in [6.07, 6.45) is -0.0275. The van der Waals surface area contributed by atoms with E-state index in [9.17, 15) is 23.3 Å². The summed E-state index contributed by atoms with van der Waals surface area (Å²) in [5, 5.41) is 10.9. The van der Waals surface area contributed by atoms with Gasteiger partial charge in [-0.05, 0) is 11.6 Å². The van der Waals surface area contributed by atoms with Gasteiger partial charge in [0.1, 0.15) is 0 Å². The van der Waals surface area contributed by atoms with Gasteiger partial charge in [0.2, 0.25) is 5.91 Å². The summed E-state index contributed by atoms with van der Waals surface area (Å²) in [5.74, 6) is -0.585. The number of carbonyl (C=O) groups is 1. The van der Waals surface area contributed by atoms with Crippen LogP contribution in [-0.4, -0.2) is 19.2 Å². The van der Waals surface area contributed by atoms with Gasteiger partial charge in [-0.2, -0.15) is 0 Å². The van der Waals surface area contributed by atoms with Crippen molar-refractivity contribution in [2.24, 2.45) is 0 Å². The third-order valence-corrected chi connectivity index (χ3v) is 4.18. The van der Waals surface area contributed by atoms with Gasteiger partial charge in [0.15, 0.2) is 4.90 Å². The molecule has 0 saturated carbocycles.